The molecule has 1 aromatic rings. The van der Waals surface area contributed by atoms with Gasteiger partial charge in [0.15, 0.2) is 0 Å². The summed E-state index contributed by atoms with van der Waals surface area (Å²) < 4.78 is 0. The molecule has 5 rings (SSSR count). The van der Waals surface area contributed by atoms with E-state index in [1.165, 1.54) is 5.56 Å². The summed E-state index contributed by atoms with van der Waals surface area (Å²) >= 11 is 0. The lowest BCUT2D eigenvalue weighted by Crippen LogP contribution is -2.52. The Morgan fingerprint density at radius 1 is 0.931 bits per heavy atom. The third-order valence-electron chi connectivity index (χ3n) is 7.50. The van der Waals surface area contributed by atoms with Gasteiger partial charge in [-0.1, -0.05) is 30.3 Å². The number of carbonyl (C=O) groups excluding carboxylic acids is 2. The molecule has 2 amide bonds. The van der Waals surface area contributed by atoms with Crippen molar-refractivity contribution in [1.29, 1.82) is 0 Å². The summed E-state index contributed by atoms with van der Waals surface area (Å²) in [7, 11) is 0. The summed E-state index contributed by atoms with van der Waals surface area (Å²) in [6.07, 6.45) is 8.48. The van der Waals surface area contributed by atoms with E-state index in [2.05, 4.69) is 27.2 Å². The van der Waals surface area contributed by atoms with Crippen molar-refractivity contribution < 1.29 is 9.59 Å². The minimum Gasteiger partial charge on any atom is -0.353 e. The van der Waals surface area contributed by atoms with Crippen molar-refractivity contribution in [1.82, 2.24) is 15.1 Å². The highest BCUT2D eigenvalue weighted by Crippen LogP contribution is 2.49. The zero-order valence-electron chi connectivity index (χ0n) is 17.3. The second-order valence-corrected chi connectivity index (χ2v) is 9.59. The van der Waals surface area contributed by atoms with E-state index in [9.17, 15) is 9.59 Å². The van der Waals surface area contributed by atoms with E-state index < -0.39 is 0 Å². The van der Waals surface area contributed by atoms with Crippen molar-refractivity contribution in [2.45, 2.75) is 68.9 Å². The minimum absolute atomic E-state index is 0.150. The lowest BCUT2D eigenvalue weighted by molar-refractivity contribution is -0.135. The van der Waals surface area contributed by atoms with Gasteiger partial charge in [0.25, 0.3) is 0 Å². The van der Waals surface area contributed by atoms with E-state index in [0.29, 0.717) is 18.0 Å². The maximum Gasteiger partial charge on any atom is 0.233 e. The molecule has 0 bridgehead atoms. The summed E-state index contributed by atoms with van der Waals surface area (Å²) in [6, 6.07) is 11.3. The fourth-order valence-electron chi connectivity index (χ4n) is 5.34. The molecule has 1 atom stereocenters. The highest BCUT2D eigenvalue weighted by molar-refractivity contribution is 5.91. The molecule has 2 heterocycles. The monoisotopic (exact) mass is 395 g/mol. The lowest BCUT2D eigenvalue weighted by Gasteiger charge is -2.42. The maximum atomic E-state index is 13.3. The van der Waals surface area contributed by atoms with Gasteiger partial charge >= 0.3 is 0 Å². The first-order valence-corrected chi connectivity index (χ1v) is 11.5. The Kier molecular flexibility index (Phi) is 5.10. The van der Waals surface area contributed by atoms with Crippen LogP contribution in [0.15, 0.2) is 30.3 Å². The van der Waals surface area contributed by atoms with Crippen LogP contribution in [0.25, 0.3) is 0 Å². The SMILES string of the molecule is O=C(NC1CC1)[C@@H]1CCCN(C2CCN(C(=O)C3(c4ccccc4)CC3)CC2)C1. The predicted molar refractivity (Wildman–Crippen MR) is 112 cm³/mol. The van der Waals surface area contributed by atoms with E-state index in [0.717, 1.165) is 77.5 Å². The van der Waals surface area contributed by atoms with Crippen LogP contribution in [-0.2, 0) is 15.0 Å². The Morgan fingerprint density at radius 2 is 1.66 bits per heavy atom. The molecule has 2 saturated carbocycles. The molecule has 5 heteroatoms. The fraction of sp³-hybridized carbons (Fsp3) is 0.667. The summed E-state index contributed by atoms with van der Waals surface area (Å²) in [6.45, 7) is 3.70. The van der Waals surface area contributed by atoms with Crippen LogP contribution in [0.4, 0.5) is 0 Å². The van der Waals surface area contributed by atoms with Gasteiger partial charge in [-0.2, -0.15) is 0 Å². The summed E-state index contributed by atoms with van der Waals surface area (Å²) in [5.74, 6) is 0.752. The third-order valence-corrected chi connectivity index (χ3v) is 7.50. The van der Waals surface area contributed by atoms with Crippen LogP contribution >= 0.6 is 0 Å². The highest BCUT2D eigenvalue weighted by atomic mass is 16.2. The number of likely N-dealkylation sites (tertiary alicyclic amines) is 2. The zero-order valence-corrected chi connectivity index (χ0v) is 17.3. The Hall–Kier alpha value is -1.88. The average molecular weight is 396 g/mol. The van der Waals surface area contributed by atoms with Gasteiger partial charge in [-0.15, -0.1) is 0 Å². The number of carbonyl (C=O) groups is 2. The molecule has 4 aliphatic rings. The van der Waals surface area contributed by atoms with Crippen LogP contribution < -0.4 is 5.32 Å². The van der Waals surface area contributed by atoms with Crippen molar-refractivity contribution in [3.8, 4) is 0 Å². The molecule has 0 unspecified atom stereocenters. The second-order valence-electron chi connectivity index (χ2n) is 9.59. The van der Waals surface area contributed by atoms with Crippen molar-refractivity contribution >= 4 is 11.8 Å². The zero-order chi connectivity index (χ0) is 19.8. The Morgan fingerprint density at radius 3 is 2.31 bits per heavy atom. The summed E-state index contributed by atoms with van der Waals surface area (Å²) in [4.78, 5) is 30.4. The largest absolute Gasteiger partial charge is 0.353 e. The van der Waals surface area contributed by atoms with Crippen molar-refractivity contribution in [3.05, 3.63) is 35.9 Å². The number of nitrogens with zero attached hydrogens (tertiary/aromatic N) is 2. The third kappa shape index (κ3) is 3.94. The van der Waals surface area contributed by atoms with Gasteiger partial charge in [-0.25, -0.2) is 0 Å². The molecule has 2 aliphatic heterocycles. The Bertz CT molecular complexity index is 749. The molecule has 5 nitrogen and oxygen atoms in total. The molecule has 156 valence electrons. The first kappa shape index (κ1) is 19.1. The predicted octanol–water partition coefficient (Wildman–Crippen LogP) is 2.70. The number of amides is 2. The average Bonchev–Trinajstić information content (AvgIpc) is 3.70. The van der Waals surface area contributed by atoms with Crippen molar-refractivity contribution in [2.24, 2.45) is 5.92 Å². The summed E-state index contributed by atoms with van der Waals surface area (Å²) in [5.41, 5.74) is 0.943. The van der Waals surface area contributed by atoms with Crippen LogP contribution in [0.2, 0.25) is 0 Å². The van der Waals surface area contributed by atoms with Crippen LogP contribution in [-0.4, -0.2) is 59.9 Å². The first-order chi connectivity index (χ1) is 14.2. The van der Waals surface area contributed by atoms with Gasteiger partial charge in [0.05, 0.1) is 11.3 Å². The smallest absolute Gasteiger partial charge is 0.233 e. The van der Waals surface area contributed by atoms with Crippen molar-refractivity contribution in [2.75, 3.05) is 26.2 Å². The standard InChI is InChI=1S/C24H33N3O2/c28-22(25-20-8-9-20)18-5-4-14-27(17-18)21-10-15-26(16-11-21)23(29)24(12-13-24)19-6-2-1-3-7-19/h1-3,6-7,18,20-21H,4-5,8-17H2,(H,25,28)/t18-/m1/s1. The molecule has 2 aliphatic carbocycles. The molecule has 29 heavy (non-hydrogen) atoms. The number of piperidine rings is 2. The highest BCUT2D eigenvalue weighted by Gasteiger charge is 2.53. The molecule has 0 spiro atoms. The molecule has 0 radical (unpaired) electrons. The van der Waals surface area contributed by atoms with E-state index in [1.807, 2.05) is 18.2 Å². The van der Waals surface area contributed by atoms with Gasteiger partial charge in [-0.3, -0.25) is 14.5 Å². The van der Waals surface area contributed by atoms with Crippen LogP contribution in [0.3, 0.4) is 0 Å². The van der Waals surface area contributed by atoms with Crippen molar-refractivity contribution in [3.63, 3.8) is 0 Å². The minimum atomic E-state index is -0.245. The number of hydrogen-bond acceptors (Lipinski definition) is 3. The number of benzene rings is 1. The Balaban J connectivity index is 1.15. The van der Waals surface area contributed by atoms with Gasteiger partial charge < -0.3 is 10.2 Å². The van der Waals surface area contributed by atoms with Gasteiger partial charge in [-0.05, 0) is 63.5 Å². The number of rotatable bonds is 5. The first-order valence-electron chi connectivity index (χ1n) is 11.5. The van der Waals surface area contributed by atoms with Crippen LogP contribution in [0, 0.1) is 5.92 Å². The van der Waals surface area contributed by atoms with E-state index in [-0.39, 0.29) is 17.2 Å². The van der Waals surface area contributed by atoms with Gasteiger partial charge in [0, 0.05) is 31.7 Å². The molecule has 2 saturated heterocycles. The molecular weight excluding hydrogens is 362 g/mol. The van der Waals surface area contributed by atoms with Gasteiger partial charge in [0.2, 0.25) is 11.8 Å². The Labute approximate surface area is 173 Å². The summed E-state index contributed by atoms with van der Waals surface area (Å²) in [5, 5.41) is 3.19. The second kappa shape index (κ2) is 7.75. The van der Waals surface area contributed by atoms with E-state index >= 15 is 0 Å². The normalized spacial score (nSPS) is 27.4. The molecule has 4 fully saturated rings. The van der Waals surface area contributed by atoms with Gasteiger partial charge in [0.1, 0.15) is 0 Å². The molecular formula is C24H33N3O2. The quantitative estimate of drug-likeness (QED) is 0.834. The lowest BCUT2D eigenvalue weighted by atomic mass is 9.91. The molecule has 1 aromatic carbocycles. The van der Waals surface area contributed by atoms with E-state index in [4.69, 9.17) is 0 Å². The molecule has 0 aromatic heterocycles. The van der Waals surface area contributed by atoms with E-state index in [1.54, 1.807) is 0 Å². The topological polar surface area (TPSA) is 52.7 Å². The van der Waals surface area contributed by atoms with Crippen LogP contribution in [0.1, 0.15) is 56.9 Å². The van der Waals surface area contributed by atoms with Crippen LogP contribution in [0.5, 0.6) is 0 Å². The maximum absolute atomic E-state index is 13.3. The fourth-order valence-corrected chi connectivity index (χ4v) is 5.34. The molecule has 1 N–H and O–H groups in total. The number of nitrogens with one attached hydrogen (secondary N) is 1. The number of hydrogen-bond donors (Lipinski definition) is 1.